The van der Waals surface area contributed by atoms with Crippen LogP contribution in [0, 0.1) is 13.8 Å². The van der Waals surface area contributed by atoms with Gasteiger partial charge in [0, 0.05) is 48.4 Å². The number of hydrogen-bond donors (Lipinski definition) is 4. The lowest BCUT2D eigenvalue weighted by Gasteiger charge is -2.16. The average molecular weight is 467 g/mol. The third-order valence-electron chi connectivity index (χ3n) is 5.62. The molecule has 0 heterocycles. The Morgan fingerprint density at radius 1 is 0.514 bits per heavy atom. The summed E-state index contributed by atoms with van der Waals surface area (Å²) >= 11 is 0. The lowest BCUT2D eigenvalue weighted by Crippen LogP contribution is -2.24. The second kappa shape index (κ2) is 14.4. The molecule has 0 aromatic heterocycles. The molecule has 0 bridgehead atoms. The highest BCUT2D eigenvalue weighted by Gasteiger charge is 2.01. The Morgan fingerprint density at radius 2 is 0.943 bits per heavy atom. The van der Waals surface area contributed by atoms with E-state index in [1.165, 1.54) is 22.5 Å². The molecule has 1 atom stereocenters. The zero-order valence-corrected chi connectivity index (χ0v) is 21.1. The first-order valence-corrected chi connectivity index (χ1v) is 12.3. The molecule has 4 N–H and O–H groups in total. The Kier molecular flexibility index (Phi) is 10.5. The minimum Gasteiger partial charge on any atom is -0.383 e. The van der Waals surface area contributed by atoms with Gasteiger partial charge in [0.2, 0.25) is 0 Å². The first-order chi connectivity index (χ1) is 17.1. The van der Waals surface area contributed by atoms with Gasteiger partial charge < -0.3 is 21.3 Å². The van der Waals surface area contributed by atoms with Crippen LogP contribution >= 0.6 is 0 Å². The highest BCUT2D eigenvalue weighted by atomic mass is 15.0. The normalized spacial score (nSPS) is 10.9. The molecule has 35 heavy (non-hydrogen) atoms. The van der Waals surface area contributed by atoms with Crippen molar-refractivity contribution >= 4 is 22.7 Å². The molecule has 0 aliphatic carbocycles. The van der Waals surface area contributed by atoms with Gasteiger partial charge in [-0.3, -0.25) is 0 Å². The summed E-state index contributed by atoms with van der Waals surface area (Å²) in [5, 5.41) is 13.7. The van der Waals surface area contributed by atoms with Gasteiger partial charge in [-0.2, -0.15) is 0 Å². The zero-order chi connectivity index (χ0) is 24.7. The fourth-order valence-corrected chi connectivity index (χ4v) is 3.63. The van der Waals surface area contributed by atoms with Crippen molar-refractivity contribution in [2.24, 2.45) is 0 Å². The largest absolute Gasteiger partial charge is 0.383 e. The van der Waals surface area contributed by atoms with Crippen molar-refractivity contribution in [2.45, 2.75) is 26.8 Å². The molecule has 4 aromatic rings. The standard InChI is InChI=1S/C16H20N2.C15H18N2/c1-13-7-3-5-9-15(13)17-11-12-18-16-10-6-4-8-14(16)2;1-13(17-15-10-6-3-7-11-15)12-16-14-8-4-2-5-9-14/h3-10,17-18H,11-12H2,1-2H3;2-11,13,16-17H,12H2,1H3. The van der Waals surface area contributed by atoms with Crippen molar-refractivity contribution in [3.05, 3.63) is 120 Å². The first kappa shape index (κ1) is 25.7. The molecule has 4 aromatic carbocycles. The summed E-state index contributed by atoms with van der Waals surface area (Å²) < 4.78 is 0. The van der Waals surface area contributed by atoms with E-state index in [4.69, 9.17) is 0 Å². The third kappa shape index (κ3) is 9.46. The van der Waals surface area contributed by atoms with Crippen LogP contribution in [0.25, 0.3) is 0 Å². The molecular weight excluding hydrogens is 428 g/mol. The number of aryl methyl sites for hydroxylation is 2. The number of para-hydroxylation sites is 4. The quantitative estimate of drug-likeness (QED) is 0.184. The summed E-state index contributed by atoms with van der Waals surface area (Å²) in [6, 6.07) is 37.6. The van der Waals surface area contributed by atoms with Gasteiger partial charge in [-0.15, -0.1) is 0 Å². The van der Waals surface area contributed by atoms with Gasteiger partial charge in [0.1, 0.15) is 0 Å². The van der Waals surface area contributed by atoms with Gasteiger partial charge in [-0.1, -0.05) is 72.8 Å². The minimum absolute atomic E-state index is 0.387. The summed E-state index contributed by atoms with van der Waals surface area (Å²) in [5.41, 5.74) is 7.32. The molecule has 4 heteroatoms. The van der Waals surface area contributed by atoms with Crippen LogP contribution in [-0.2, 0) is 0 Å². The smallest absolute Gasteiger partial charge is 0.0405 e. The monoisotopic (exact) mass is 466 g/mol. The Balaban J connectivity index is 0.000000196. The molecule has 0 saturated heterocycles. The summed E-state index contributed by atoms with van der Waals surface area (Å²) in [6.45, 7) is 9.15. The molecule has 0 radical (unpaired) electrons. The van der Waals surface area contributed by atoms with Gasteiger partial charge in [-0.25, -0.2) is 0 Å². The van der Waals surface area contributed by atoms with Crippen LogP contribution < -0.4 is 21.3 Å². The molecule has 4 nitrogen and oxygen atoms in total. The number of nitrogens with one attached hydrogen (secondary N) is 4. The molecule has 4 rings (SSSR count). The Bertz CT molecular complexity index is 1070. The summed E-state index contributed by atoms with van der Waals surface area (Å²) in [7, 11) is 0. The van der Waals surface area contributed by atoms with Crippen molar-refractivity contribution in [2.75, 3.05) is 40.9 Å². The van der Waals surface area contributed by atoms with Crippen LogP contribution in [0.1, 0.15) is 18.1 Å². The summed E-state index contributed by atoms with van der Waals surface area (Å²) in [4.78, 5) is 0. The van der Waals surface area contributed by atoms with E-state index in [-0.39, 0.29) is 0 Å². The number of rotatable bonds is 10. The molecule has 0 saturated carbocycles. The van der Waals surface area contributed by atoms with Crippen LogP contribution in [0.2, 0.25) is 0 Å². The van der Waals surface area contributed by atoms with Crippen molar-refractivity contribution < 1.29 is 0 Å². The average Bonchev–Trinajstić information content (AvgIpc) is 2.89. The molecule has 182 valence electrons. The second-order valence-electron chi connectivity index (χ2n) is 8.64. The van der Waals surface area contributed by atoms with E-state index in [0.29, 0.717) is 6.04 Å². The maximum atomic E-state index is 3.45. The van der Waals surface area contributed by atoms with E-state index >= 15 is 0 Å². The van der Waals surface area contributed by atoms with E-state index in [1.807, 2.05) is 36.4 Å². The van der Waals surface area contributed by atoms with E-state index in [9.17, 15) is 0 Å². The lowest BCUT2D eigenvalue weighted by molar-refractivity contribution is 0.836. The minimum atomic E-state index is 0.387. The molecule has 0 aliphatic heterocycles. The molecular formula is C31H38N4. The van der Waals surface area contributed by atoms with Crippen LogP contribution in [-0.4, -0.2) is 25.7 Å². The van der Waals surface area contributed by atoms with Crippen LogP contribution in [0.5, 0.6) is 0 Å². The Labute approximate surface area is 210 Å². The van der Waals surface area contributed by atoms with Crippen molar-refractivity contribution in [1.82, 2.24) is 0 Å². The fraction of sp³-hybridized carbons (Fsp3) is 0.226. The molecule has 0 amide bonds. The van der Waals surface area contributed by atoms with Crippen molar-refractivity contribution in [3.63, 3.8) is 0 Å². The van der Waals surface area contributed by atoms with Gasteiger partial charge in [-0.05, 0) is 68.3 Å². The van der Waals surface area contributed by atoms with Crippen molar-refractivity contribution in [3.8, 4) is 0 Å². The van der Waals surface area contributed by atoms with Crippen LogP contribution in [0.15, 0.2) is 109 Å². The molecule has 1 unspecified atom stereocenters. The SMILES string of the molecule is CC(CNc1ccccc1)Nc1ccccc1.Cc1ccccc1NCCNc1ccccc1C. The van der Waals surface area contributed by atoms with Crippen LogP contribution in [0.4, 0.5) is 22.7 Å². The maximum absolute atomic E-state index is 3.45. The maximum Gasteiger partial charge on any atom is 0.0405 e. The van der Waals surface area contributed by atoms with Crippen LogP contribution in [0.3, 0.4) is 0 Å². The number of anilines is 4. The predicted octanol–water partition coefficient (Wildman–Crippen LogP) is 7.43. The van der Waals surface area contributed by atoms with E-state index in [2.05, 4.69) is 115 Å². The Morgan fingerprint density at radius 3 is 1.43 bits per heavy atom. The number of hydrogen-bond acceptors (Lipinski definition) is 4. The van der Waals surface area contributed by atoms with Crippen molar-refractivity contribution in [1.29, 1.82) is 0 Å². The Hall–Kier alpha value is -3.92. The topological polar surface area (TPSA) is 48.1 Å². The van der Waals surface area contributed by atoms with Gasteiger partial charge >= 0.3 is 0 Å². The molecule has 0 spiro atoms. The predicted molar refractivity (Wildman–Crippen MR) is 154 cm³/mol. The van der Waals surface area contributed by atoms with Gasteiger partial charge in [0.15, 0.2) is 0 Å². The number of benzene rings is 4. The zero-order valence-electron chi connectivity index (χ0n) is 21.1. The van der Waals surface area contributed by atoms with Gasteiger partial charge in [0.25, 0.3) is 0 Å². The summed E-state index contributed by atoms with van der Waals surface area (Å²) in [5.74, 6) is 0. The first-order valence-electron chi connectivity index (χ1n) is 12.3. The summed E-state index contributed by atoms with van der Waals surface area (Å²) in [6.07, 6.45) is 0. The molecule has 0 fully saturated rings. The van der Waals surface area contributed by atoms with E-state index in [1.54, 1.807) is 0 Å². The van der Waals surface area contributed by atoms with E-state index in [0.717, 1.165) is 31.0 Å². The second-order valence-corrected chi connectivity index (χ2v) is 8.64. The third-order valence-corrected chi connectivity index (χ3v) is 5.62. The van der Waals surface area contributed by atoms with Gasteiger partial charge in [0.05, 0.1) is 0 Å². The molecule has 0 aliphatic rings. The van der Waals surface area contributed by atoms with E-state index < -0.39 is 0 Å². The highest BCUT2D eigenvalue weighted by Crippen LogP contribution is 2.14. The fourth-order valence-electron chi connectivity index (χ4n) is 3.63. The lowest BCUT2D eigenvalue weighted by atomic mass is 10.2. The highest BCUT2D eigenvalue weighted by molar-refractivity contribution is 5.52.